The zero-order valence-corrected chi connectivity index (χ0v) is 13.5. The highest BCUT2D eigenvalue weighted by Gasteiger charge is 2.27. The third kappa shape index (κ3) is 3.12. The minimum absolute atomic E-state index is 0.284. The standard InChI is InChI=1S/C18H27N3O/c1-14-6-7-16-4-2-3-5-17(16)21(14)11-9-18(22)20-10-8-15(12-19)13-20/h2-5,14-15H,6-13,19H2,1H3/t14-,15-/m1/s1. The molecule has 3 rings (SSSR count). The Labute approximate surface area is 133 Å². The van der Waals surface area contributed by atoms with Crippen molar-refractivity contribution in [3.05, 3.63) is 29.8 Å². The highest BCUT2D eigenvalue weighted by atomic mass is 16.2. The van der Waals surface area contributed by atoms with Gasteiger partial charge in [0, 0.05) is 37.8 Å². The van der Waals surface area contributed by atoms with E-state index in [9.17, 15) is 4.79 Å². The van der Waals surface area contributed by atoms with Crippen molar-refractivity contribution in [2.45, 2.75) is 38.6 Å². The molecular formula is C18H27N3O. The summed E-state index contributed by atoms with van der Waals surface area (Å²) < 4.78 is 0. The van der Waals surface area contributed by atoms with Gasteiger partial charge >= 0.3 is 0 Å². The number of fused-ring (bicyclic) bond motifs is 1. The minimum atomic E-state index is 0.284. The number of hydrogen-bond acceptors (Lipinski definition) is 3. The van der Waals surface area contributed by atoms with Crippen LogP contribution < -0.4 is 10.6 Å². The molecule has 2 atom stereocenters. The first-order chi connectivity index (χ1) is 10.7. The van der Waals surface area contributed by atoms with Gasteiger partial charge in [0.1, 0.15) is 0 Å². The van der Waals surface area contributed by atoms with E-state index in [-0.39, 0.29) is 5.91 Å². The van der Waals surface area contributed by atoms with Gasteiger partial charge in [0.25, 0.3) is 0 Å². The molecule has 0 aromatic heterocycles. The van der Waals surface area contributed by atoms with Crippen LogP contribution in [0.2, 0.25) is 0 Å². The molecule has 2 N–H and O–H groups in total. The summed E-state index contributed by atoms with van der Waals surface area (Å²) in [6, 6.07) is 9.11. The molecule has 0 bridgehead atoms. The molecule has 0 unspecified atom stereocenters. The van der Waals surface area contributed by atoms with E-state index < -0.39 is 0 Å². The number of aryl methyl sites for hydroxylation is 1. The van der Waals surface area contributed by atoms with E-state index in [0.717, 1.165) is 32.5 Å². The van der Waals surface area contributed by atoms with Crippen molar-refractivity contribution in [3.63, 3.8) is 0 Å². The molecule has 4 heteroatoms. The molecule has 4 nitrogen and oxygen atoms in total. The molecule has 1 fully saturated rings. The molecule has 2 aliphatic heterocycles. The molecule has 0 spiro atoms. The van der Waals surface area contributed by atoms with Crippen LogP contribution in [0.25, 0.3) is 0 Å². The number of hydrogen-bond donors (Lipinski definition) is 1. The number of anilines is 1. The molecule has 120 valence electrons. The van der Waals surface area contributed by atoms with Crippen LogP contribution in [0, 0.1) is 5.92 Å². The van der Waals surface area contributed by atoms with Gasteiger partial charge in [-0.15, -0.1) is 0 Å². The monoisotopic (exact) mass is 301 g/mol. The topological polar surface area (TPSA) is 49.6 Å². The average Bonchev–Trinajstić information content (AvgIpc) is 3.03. The number of benzene rings is 1. The van der Waals surface area contributed by atoms with Gasteiger partial charge in [0.15, 0.2) is 0 Å². The summed E-state index contributed by atoms with van der Waals surface area (Å²) in [7, 11) is 0. The van der Waals surface area contributed by atoms with Crippen molar-refractivity contribution in [2.24, 2.45) is 11.7 Å². The molecule has 1 aromatic rings. The largest absolute Gasteiger partial charge is 0.368 e. The highest BCUT2D eigenvalue weighted by Crippen LogP contribution is 2.30. The van der Waals surface area contributed by atoms with E-state index in [0.29, 0.717) is 24.9 Å². The van der Waals surface area contributed by atoms with Crippen molar-refractivity contribution >= 4 is 11.6 Å². The van der Waals surface area contributed by atoms with E-state index in [2.05, 4.69) is 36.1 Å². The van der Waals surface area contributed by atoms with Gasteiger partial charge in [-0.05, 0) is 50.3 Å². The zero-order valence-electron chi connectivity index (χ0n) is 13.5. The molecule has 2 aliphatic rings. The Hall–Kier alpha value is -1.55. The van der Waals surface area contributed by atoms with E-state index in [1.54, 1.807) is 0 Å². The quantitative estimate of drug-likeness (QED) is 0.925. The Morgan fingerprint density at radius 2 is 2.14 bits per heavy atom. The second-order valence-electron chi connectivity index (χ2n) is 6.69. The smallest absolute Gasteiger partial charge is 0.224 e. The summed E-state index contributed by atoms with van der Waals surface area (Å²) in [5, 5.41) is 0. The maximum absolute atomic E-state index is 12.4. The first-order valence-corrected chi connectivity index (χ1v) is 8.51. The molecule has 1 amide bonds. The number of rotatable bonds is 4. The summed E-state index contributed by atoms with van der Waals surface area (Å²) in [4.78, 5) is 16.8. The Morgan fingerprint density at radius 1 is 1.32 bits per heavy atom. The average molecular weight is 301 g/mol. The van der Waals surface area contributed by atoms with E-state index >= 15 is 0 Å². The first-order valence-electron chi connectivity index (χ1n) is 8.51. The third-order valence-corrected chi connectivity index (χ3v) is 5.20. The molecule has 2 heterocycles. The number of carbonyl (C=O) groups excluding carboxylic acids is 1. The number of para-hydroxylation sites is 1. The van der Waals surface area contributed by atoms with Crippen molar-refractivity contribution < 1.29 is 4.79 Å². The van der Waals surface area contributed by atoms with Crippen molar-refractivity contribution in [1.82, 2.24) is 4.90 Å². The number of nitrogens with zero attached hydrogens (tertiary/aromatic N) is 2. The maximum Gasteiger partial charge on any atom is 0.224 e. The summed E-state index contributed by atoms with van der Waals surface area (Å²) >= 11 is 0. The summed E-state index contributed by atoms with van der Waals surface area (Å²) in [5.41, 5.74) is 8.44. The normalized spacial score (nSPS) is 24.5. The summed E-state index contributed by atoms with van der Waals surface area (Å²) in [5.74, 6) is 0.782. The van der Waals surface area contributed by atoms with E-state index in [4.69, 9.17) is 5.73 Å². The molecular weight excluding hydrogens is 274 g/mol. The fourth-order valence-electron chi connectivity index (χ4n) is 3.73. The number of amides is 1. The lowest BCUT2D eigenvalue weighted by atomic mass is 9.96. The van der Waals surface area contributed by atoms with E-state index in [1.165, 1.54) is 17.7 Å². The van der Waals surface area contributed by atoms with Crippen LogP contribution in [-0.4, -0.2) is 43.0 Å². The van der Waals surface area contributed by atoms with Crippen molar-refractivity contribution in [3.8, 4) is 0 Å². The Morgan fingerprint density at radius 3 is 2.91 bits per heavy atom. The Kier molecular flexibility index (Phi) is 4.67. The van der Waals surface area contributed by atoms with Crippen LogP contribution in [0.4, 0.5) is 5.69 Å². The van der Waals surface area contributed by atoms with Crippen LogP contribution in [-0.2, 0) is 11.2 Å². The molecule has 1 aromatic carbocycles. The molecule has 0 saturated carbocycles. The van der Waals surface area contributed by atoms with Crippen LogP contribution in [0.3, 0.4) is 0 Å². The van der Waals surface area contributed by atoms with Crippen LogP contribution in [0.5, 0.6) is 0 Å². The predicted octanol–water partition coefficient (Wildman–Crippen LogP) is 2.03. The number of carbonyl (C=O) groups is 1. The lowest BCUT2D eigenvalue weighted by Gasteiger charge is -2.37. The van der Waals surface area contributed by atoms with E-state index in [1.807, 2.05) is 4.90 Å². The van der Waals surface area contributed by atoms with Crippen LogP contribution >= 0.6 is 0 Å². The van der Waals surface area contributed by atoms with Gasteiger partial charge in [-0.3, -0.25) is 4.79 Å². The van der Waals surface area contributed by atoms with Crippen molar-refractivity contribution in [2.75, 3.05) is 31.1 Å². The van der Waals surface area contributed by atoms with Gasteiger partial charge < -0.3 is 15.5 Å². The molecule has 0 aliphatic carbocycles. The number of likely N-dealkylation sites (tertiary alicyclic amines) is 1. The minimum Gasteiger partial charge on any atom is -0.368 e. The molecule has 1 saturated heterocycles. The SMILES string of the molecule is C[C@@H]1CCc2ccccc2N1CCC(=O)N1CC[C@H](CN)C1. The second kappa shape index (κ2) is 6.69. The summed E-state index contributed by atoms with van der Waals surface area (Å²) in [6.45, 7) is 5.51. The Balaban J connectivity index is 1.60. The third-order valence-electron chi connectivity index (χ3n) is 5.20. The fraction of sp³-hybridized carbons (Fsp3) is 0.611. The predicted molar refractivity (Wildman–Crippen MR) is 89.9 cm³/mol. The lowest BCUT2D eigenvalue weighted by Crippen LogP contribution is -2.40. The van der Waals surface area contributed by atoms with Gasteiger partial charge in [-0.25, -0.2) is 0 Å². The Bertz CT molecular complexity index is 531. The van der Waals surface area contributed by atoms with Gasteiger partial charge in [0.05, 0.1) is 0 Å². The zero-order chi connectivity index (χ0) is 15.5. The first kappa shape index (κ1) is 15.3. The van der Waals surface area contributed by atoms with Gasteiger partial charge in [-0.2, -0.15) is 0 Å². The lowest BCUT2D eigenvalue weighted by molar-refractivity contribution is -0.130. The number of nitrogens with two attached hydrogens (primary N) is 1. The fourth-order valence-corrected chi connectivity index (χ4v) is 3.73. The van der Waals surface area contributed by atoms with Crippen LogP contribution in [0.15, 0.2) is 24.3 Å². The highest BCUT2D eigenvalue weighted by molar-refractivity contribution is 5.77. The van der Waals surface area contributed by atoms with Gasteiger partial charge in [-0.1, -0.05) is 18.2 Å². The molecule has 22 heavy (non-hydrogen) atoms. The second-order valence-corrected chi connectivity index (χ2v) is 6.69. The van der Waals surface area contributed by atoms with Gasteiger partial charge in [0.2, 0.25) is 5.91 Å². The van der Waals surface area contributed by atoms with Crippen molar-refractivity contribution in [1.29, 1.82) is 0 Å². The molecule has 0 radical (unpaired) electrons. The van der Waals surface area contributed by atoms with Crippen LogP contribution in [0.1, 0.15) is 31.7 Å². The maximum atomic E-state index is 12.4. The summed E-state index contributed by atoms with van der Waals surface area (Å²) in [6.07, 6.45) is 3.98.